The standard InChI is InChI=1S/C17H22ClN3O3.ClH/c18-13-3-1-12(2-4-13)10-20-7-8-21(11-16(20)22)17(23)15-6-5-14(9-19)24-15;/h1-4,14-15H,5-11,19H2;1H/t14-,15+;/m1./s1. The van der Waals surface area contributed by atoms with E-state index in [0.29, 0.717) is 37.6 Å². The largest absolute Gasteiger partial charge is 0.364 e. The van der Waals surface area contributed by atoms with E-state index in [4.69, 9.17) is 22.1 Å². The van der Waals surface area contributed by atoms with Crippen molar-refractivity contribution in [3.8, 4) is 0 Å². The van der Waals surface area contributed by atoms with Crippen LogP contribution in [-0.2, 0) is 20.9 Å². The molecule has 25 heavy (non-hydrogen) atoms. The monoisotopic (exact) mass is 387 g/mol. The van der Waals surface area contributed by atoms with E-state index >= 15 is 0 Å². The summed E-state index contributed by atoms with van der Waals surface area (Å²) < 4.78 is 5.64. The third-order valence-corrected chi connectivity index (χ3v) is 4.81. The fourth-order valence-electron chi connectivity index (χ4n) is 3.14. The molecule has 2 N–H and O–H groups in total. The number of halogens is 2. The van der Waals surface area contributed by atoms with Crippen molar-refractivity contribution in [2.24, 2.45) is 5.73 Å². The van der Waals surface area contributed by atoms with Crippen LogP contribution in [0.5, 0.6) is 0 Å². The summed E-state index contributed by atoms with van der Waals surface area (Å²) >= 11 is 5.88. The van der Waals surface area contributed by atoms with Crippen LogP contribution in [-0.4, -0.2) is 60.0 Å². The summed E-state index contributed by atoms with van der Waals surface area (Å²) in [7, 11) is 0. The fourth-order valence-corrected chi connectivity index (χ4v) is 3.26. The lowest BCUT2D eigenvalue weighted by atomic mass is 10.1. The molecule has 0 radical (unpaired) electrons. The normalized spacial score (nSPS) is 23.5. The van der Waals surface area contributed by atoms with Gasteiger partial charge in [-0.05, 0) is 30.5 Å². The van der Waals surface area contributed by atoms with Crippen molar-refractivity contribution < 1.29 is 14.3 Å². The Morgan fingerprint density at radius 2 is 1.96 bits per heavy atom. The topological polar surface area (TPSA) is 75.9 Å². The van der Waals surface area contributed by atoms with Crippen LogP contribution < -0.4 is 5.73 Å². The van der Waals surface area contributed by atoms with Crippen LogP contribution in [0.25, 0.3) is 0 Å². The van der Waals surface area contributed by atoms with E-state index < -0.39 is 6.10 Å². The SMILES string of the molecule is Cl.NC[C@H]1CC[C@@H](C(=O)N2CCN(Cc3ccc(Cl)cc3)C(=O)C2)O1. The highest BCUT2D eigenvalue weighted by Crippen LogP contribution is 2.22. The summed E-state index contributed by atoms with van der Waals surface area (Å²) in [6.07, 6.45) is 0.993. The molecule has 1 aromatic carbocycles. The third kappa shape index (κ3) is 4.85. The minimum absolute atomic E-state index is 0. The highest BCUT2D eigenvalue weighted by molar-refractivity contribution is 6.30. The first kappa shape index (κ1) is 20.0. The molecule has 3 rings (SSSR count). The lowest BCUT2D eigenvalue weighted by Crippen LogP contribution is -2.54. The van der Waals surface area contributed by atoms with Gasteiger partial charge in [0.25, 0.3) is 5.91 Å². The number of hydrogen-bond acceptors (Lipinski definition) is 4. The molecule has 0 spiro atoms. The Morgan fingerprint density at radius 3 is 2.56 bits per heavy atom. The molecule has 2 fully saturated rings. The van der Waals surface area contributed by atoms with Gasteiger partial charge in [-0.3, -0.25) is 9.59 Å². The second kappa shape index (κ2) is 8.85. The average molecular weight is 388 g/mol. The van der Waals surface area contributed by atoms with Gasteiger partial charge in [-0.25, -0.2) is 0 Å². The Labute approximate surface area is 158 Å². The van der Waals surface area contributed by atoms with Crippen molar-refractivity contribution in [3.05, 3.63) is 34.9 Å². The molecule has 2 aliphatic rings. The second-order valence-electron chi connectivity index (χ2n) is 6.26. The number of benzene rings is 1. The second-order valence-corrected chi connectivity index (χ2v) is 6.70. The molecular weight excluding hydrogens is 365 g/mol. The van der Waals surface area contributed by atoms with E-state index in [1.807, 2.05) is 24.3 Å². The molecule has 0 unspecified atom stereocenters. The summed E-state index contributed by atoms with van der Waals surface area (Å²) in [5.41, 5.74) is 6.60. The average Bonchev–Trinajstić information content (AvgIpc) is 3.07. The summed E-state index contributed by atoms with van der Waals surface area (Å²) in [6.45, 7) is 2.13. The van der Waals surface area contributed by atoms with Gasteiger partial charge in [0, 0.05) is 31.2 Å². The molecule has 2 aliphatic heterocycles. The zero-order valence-corrected chi connectivity index (χ0v) is 15.5. The number of hydrogen-bond donors (Lipinski definition) is 1. The van der Waals surface area contributed by atoms with Crippen LogP contribution >= 0.6 is 24.0 Å². The molecule has 138 valence electrons. The van der Waals surface area contributed by atoms with Crippen LogP contribution in [0.15, 0.2) is 24.3 Å². The van der Waals surface area contributed by atoms with Gasteiger partial charge in [0.2, 0.25) is 5.91 Å². The Kier molecular flexibility index (Phi) is 7.07. The quantitative estimate of drug-likeness (QED) is 0.847. The number of nitrogens with two attached hydrogens (primary N) is 1. The van der Waals surface area contributed by atoms with Gasteiger partial charge in [0.15, 0.2) is 0 Å². The predicted molar refractivity (Wildman–Crippen MR) is 97.6 cm³/mol. The smallest absolute Gasteiger partial charge is 0.252 e. The van der Waals surface area contributed by atoms with Crippen molar-refractivity contribution in [1.82, 2.24) is 9.80 Å². The first-order valence-corrected chi connectivity index (χ1v) is 8.61. The molecule has 0 aliphatic carbocycles. The van der Waals surface area contributed by atoms with Crippen LogP contribution in [0.3, 0.4) is 0 Å². The Hall–Kier alpha value is -1.34. The Bertz CT molecular complexity index is 612. The minimum Gasteiger partial charge on any atom is -0.364 e. The Morgan fingerprint density at radius 1 is 1.24 bits per heavy atom. The molecule has 2 heterocycles. The van der Waals surface area contributed by atoms with Gasteiger partial charge in [-0.2, -0.15) is 0 Å². The molecular formula is C17H23Cl2N3O3. The number of ether oxygens (including phenoxy) is 1. The fraction of sp³-hybridized carbons (Fsp3) is 0.529. The zero-order valence-electron chi connectivity index (χ0n) is 13.9. The lowest BCUT2D eigenvalue weighted by Gasteiger charge is -2.35. The number of rotatable bonds is 4. The molecule has 8 heteroatoms. The molecule has 2 atom stereocenters. The van der Waals surface area contributed by atoms with E-state index in [-0.39, 0.29) is 36.9 Å². The van der Waals surface area contributed by atoms with Crippen molar-refractivity contribution in [1.29, 1.82) is 0 Å². The highest BCUT2D eigenvalue weighted by atomic mass is 35.5. The van der Waals surface area contributed by atoms with Crippen LogP contribution in [0.4, 0.5) is 0 Å². The van der Waals surface area contributed by atoms with E-state index in [1.165, 1.54) is 0 Å². The molecule has 6 nitrogen and oxygen atoms in total. The third-order valence-electron chi connectivity index (χ3n) is 4.56. The van der Waals surface area contributed by atoms with Gasteiger partial charge in [-0.1, -0.05) is 23.7 Å². The van der Waals surface area contributed by atoms with Crippen molar-refractivity contribution in [2.75, 3.05) is 26.2 Å². The van der Waals surface area contributed by atoms with Crippen LogP contribution in [0.2, 0.25) is 5.02 Å². The predicted octanol–water partition coefficient (Wildman–Crippen LogP) is 1.44. The van der Waals surface area contributed by atoms with Gasteiger partial charge in [-0.15, -0.1) is 12.4 Å². The molecule has 1 aromatic rings. The van der Waals surface area contributed by atoms with E-state index in [0.717, 1.165) is 12.0 Å². The summed E-state index contributed by atoms with van der Waals surface area (Å²) in [4.78, 5) is 28.2. The van der Waals surface area contributed by atoms with Crippen molar-refractivity contribution >= 4 is 35.8 Å². The first-order valence-electron chi connectivity index (χ1n) is 8.23. The molecule has 0 aromatic heterocycles. The summed E-state index contributed by atoms with van der Waals surface area (Å²) in [5.74, 6) is -0.136. The van der Waals surface area contributed by atoms with Crippen molar-refractivity contribution in [3.63, 3.8) is 0 Å². The lowest BCUT2D eigenvalue weighted by molar-refractivity contribution is -0.152. The maximum absolute atomic E-state index is 12.5. The number of piperazine rings is 1. The molecule has 2 saturated heterocycles. The van der Waals surface area contributed by atoms with Gasteiger partial charge >= 0.3 is 0 Å². The number of carbonyl (C=O) groups excluding carboxylic acids is 2. The minimum atomic E-state index is -0.450. The van der Waals surface area contributed by atoms with Gasteiger partial charge in [0.05, 0.1) is 12.6 Å². The zero-order chi connectivity index (χ0) is 17.1. The highest BCUT2D eigenvalue weighted by Gasteiger charge is 2.35. The number of carbonyl (C=O) groups is 2. The first-order chi connectivity index (χ1) is 11.6. The van der Waals surface area contributed by atoms with Gasteiger partial charge < -0.3 is 20.3 Å². The summed E-state index contributed by atoms with van der Waals surface area (Å²) in [5, 5.41) is 0.674. The van der Waals surface area contributed by atoms with Gasteiger partial charge in [0.1, 0.15) is 6.10 Å². The maximum Gasteiger partial charge on any atom is 0.252 e. The van der Waals surface area contributed by atoms with Crippen LogP contribution in [0, 0.1) is 0 Å². The molecule has 2 amide bonds. The van der Waals surface area contributed by atoms with E-state index in [2.05, 4.69) is 0 Å². The van der Waals surface area contributed by atoms with E-state index in [9.17, 15) is 9.59 Å². The maximum atomic E-state index is 12.5. The number of amides is 2. The van der Waals surface area contributed by atoms with Crippen LogP contribution in [0.1, 0.15) is 18.4 Å². The Balaban J connectivity index is 0.00000225. The van der Waals surface area contributed by atoms with Crippen molar-refractivity contribution in [2.45, 2.75) is 31.6 Å². The van der Waals surface area contributed by atoms with E-state index in [1.54, 1.807) is 9.80 Å². The number of nitrogens with zero attached hydrogens (tertiary/aromatic N) is 2. The molecule has 0 bridgehead atoms. The summed E-state index contributed by atoms with van der Waals surface area (Å²) in [6, 6.07) is 7.44. The molecule has 0 saturated carbocycles.